The van der Waals surface area contributed by atoms with Gasteiger partial charge in [-0.25, -0.2) is 9.56 Å². The van der Waals surface area contributed by atoms with Crippen LogP contribution in [0.15, 0.2) is 48.8 Å². The number of likely N-dealkylation sites (N-methyl/N-ethyl adjacent to an activating group) is 2. The molecule has 0 saturated carbocycles. The van der Waals surface area contributed by atoms with Crippen LogP contribution in [0.2, 0.25) is 0 Å². The maximum Gasteiger partial charge on any atom is 0.323 e. The second-order valence-corrected chi connectivity index (χ2v) is 14.6. The topological polar surface area (TPSA) is 125 Å². The minimum atomic E-state index is -4.34. The number of aliphatic carboxylic acids is 1. The van der Waals surface area contributed by atoms with Crippen LogP contribution in [-0.2, 0) is 21.5 Å². The number of carbonyl (C=O) groups is 1. The minimum Gasteiger partial charge on any atom is -0.480 e. The number of carboxylic acids is 1. The van der Waals surface area contributed by atoms with E-state index in [1.165, 1.54) is 5.57 Å². The first-order valence-electron chi connectivity index (χ1n) is 15.7. The van der Waals surface area contributed by atoms with Gasteiger partial charge in [-0.15, -0.1) is 0 Å². The van der Waals surface area contributed by atoms with E-state index in [1.54, 1.807) is 17.0 Å². The van der Waals surface area contributed by atoms with E-state index in [2.05, 4.69) is 60.4 Å². The molecule has 0 fully saturated rings. The maximum atomic E-state index is 12.2. The molecule has 0 unspecified atom stereocenters. The van der Waals surface area contributed by atoms with Crippen molar-refractivity contribution in [2.45, 2.75) is 72.5 Å². The van der Waals surface area contributed by atoms with E-state index < -0.39 is 27.4 Å². The van der Waals surface area contributed by atoms with Crippen LogP contribution in [0.4, 0.5) is 5.69 Å². The van der Waals surface area contributed by atoms with Gasteiger partial charge in [0.25, 0.3) is 10.1 Å². The predicted molar refractivity (Wildman–Crippen MR) is 179 cm³/mol. The van der Waals surface area contributed by atoms with Crippen molar-refractivity contribution in [3.8, 4) is 11.5 Å². The summed E-state index contributed by atoms with van der Waals surface area (Å²) < 4.78 is 45.1. The van der Waals surface area contributed by atoms with Crippen molar-refractivity contribution in [3.63, 3.8) is 0 Å². The largest absolute Gasteiger partial charge is 0.480 e. The molecule has 0 spiro atoms. The lowest BCUT2D eigenvalue weighted by atomic mass is 9.85. The molecular formula is C35H41N4O6S+. The third-order valence-corrected chi connectivity index (χ3v) is 9.95. The number of carboxylic acid groups (broad SMARTS) is 1. The van der Waals surface area contributed by atoms with Crippen molar-refractivity contribution >= 4 is 38.5 Å². The van der Waals surface area contributed by atoms with Crippen LogP contribution in [0.25, 0.3) is 16.7 Å². The number of fused-ring (bicyclic) bond motifs is 4. The van der Waals surface area contributed by atoms with Crippen LogP contribution < -0.4 is 24.8 Å². The number of imidazole rings is 1. The molecular weight excluding hydrogens is 604 g/mol. The van der Waals surface area contributed by atoms with Gasteiger partial charge in [-0.2, -0.15) is 8.42 Å². The number of hydrogen-bond acceptors (Lipinski definition) is 6. The molecule has 242 valence electrons. The molecule has 4 heterocycles. The zero-order chi connectivity index (χ0) is 33.3. The molecule has 0 bridgehead atoms. The SMILES string of the molecule is CCC1=CC(C)(C)[N+](CC)=c2cc3c(cc21)=C(c1nccn1CC(=O)O)c1cc2c(cc1O3)N(CC)C(C)(C)C=C2CS(=O)(=O)O. The van der Waals surface area contributed by atoms with E-state index in [4.69, 9.17) is 4.74 Å². The summed E-state index contributed by atoms with van der Waals surface area (Å²) >= 11 is 0. The van der Waals surface area contributed by atoms with Gasteiger partial charge in [0.2, 0.25) is 5.36 Å². The quantitative estimate of drug-likeness (QED) is 0.215. The highest BCUT2D eigenvalue weighted by Crippen LogP contribution is 2.46. The highest BCUT2D eigenvalue weighted by molar-refractivity contribution is 7.86. The molecule has 46 heavy (non-hydrogen) atoms. The van der Waals surface area contributed by atoms with Gasteiger partial charge in [-0.1, -0.05) is 13.0 Å². The van der Waals surface area contributed by atoms with E-state index in [1.807, 2.05) is 39.0 Å². The van der Waals surface area contributed by atoms with Crippen molar-refractivity contribution in [2.24, 2.45) is 0 Å². The molecule has 2 aromatic carbocycles. The Morgan fingerprint density at radius 2 is 1.72 bits per heavy atom. The Balaban J connectivity index is 1.74. The lowest BCUT2D eigenvalue weighted by Crippen LogP contribution is -2.49. The minimum absolute atomic E-state index is 0.208. The van der Waals surface area contributed by atoms with Crippen molar-refractivity contribution in [3.05, 3.63) is 81.9 Å². The molecule has 3 aliphatic rings. The predicted octanol–water partition coefficient (Wildman–Crippen LogP) is 4.31. The molecule has 2 N–H and O–H groups in total. The molecule has 3 aliphatic heterocycles. The van der Waals surface area contributed by atoms with Crippen molar-refractivity contribution in [1.82, 2.24) is 14.1 Å². The second-order valence-electron chi connectivity index (χ2n) is 13.2. The van der Waals surface area contributed by atoms with Crippen LogP contribution in [0.1, 0.15) is 77.4 Å². The molecule has 10 nitrogen and oxygen atoms in total. The monoisotopic (exact) mass is 645 g/mol. The first-order chi connectivity index (χ1) is 21.6. The lowest BCUT2D eigenvalue weighted by molar-refractivity contribution is -0.137. The number of anilines is 1. The van der Waals surface area contributed by atoms with E-state index in [0.29, 0.717) is 46.1 Å². The third kappa shape index (κ3) is 5.25. The first-order valence-corrected chi connectivity index (χ1v) is 17.3. The first kappa shape index (κ1) is 31.7. The molecule has 3 aromatic rings. The Morgan fingerprint density at radius 1 is 0.978 bits per heavy atom. The summed E-state index contributed by atoms with van der Waals surface area (Å²) in [6.45, 7) is 15.9. The Bertz CT molecular complexity index is 2100. The fraction of sp³-hybridized carbons (Fsp3) is 0.400. The summed E-state index contributed by atoms with van der Waals surface area (Å²) in [7, 11) is -4.34. The smallest absolute Gasteiger partial charge is 0.323 e. The van der Waals surface area contributed by atoms with Crippen molar-refractivity contribution < 1.29 is 27.6 Å². The zero-order valence-electron chi connectivity index (χ0n) is 27.4. The Hall–Kier alpha value is -4.22. The number of ether oxygens (including phenoxy) is 1. The Labute approximate surface area is 269 Å². The molecule has 11 heteroatoms. The average molecular weight is 646 g/mol. The summed E-state index contributed by atoms with van der Waals surface area (Å²) in [5.74, 6) is 0.102. The summed E-state index contributed by atoms with van der Waals surface area (Å²) in [6.07, 6.45) is 8.24. The highest BCUT2D eigenvalue weighted by atomic mass is 32.2. The van der Waals surface area contributed by atoms with Crippen LogP contribution in [-0.4, -0.2) is 63.5 Å². The van der Waals surface area contributed by atoms with E-state index in [9.17, 15) is 22.9 Å². The second kappa shape index (κ2) is 10.9. The maximum absolute atomic E-state index is 12.2. The van der Waals surface area contributed by atoms with Gasteiger partial charge in [0, 0.05) is 72.0 Å². The summed E-state index contributed by atoms with van der Waals surface area (Å²) in [5, 5.41) is 11.6. The molecule has 0 amide bonds. The summed E-state index contributed by atoms with van der Waals surface area (Å²) in [4.78, 5) is 18.7. The molecule has 0 radical (unpaired) electrons. The number of benzene rings is 2. The molecule has 6 rings (SSSR count). The van der Waals surface area contributed by atoms with Crippen LogP contribution >= 0.6 is 0 Å². The number of rotatable bonds is 8. The van der Waals surface area contributed by atoms with Crippen molar-refractivity contribution in [1.29, 1.82) is 0 Å². The molecule has 0 saturated heterocycles. The number of aromatic nitrogens is 2. The normalized spacial score (nSPS) is 17.7. The number of hydrogen-bond donors (Lipinski definition) is 2. The van der Waals surface area contributed by atoms with Gasteiger partial charge < -0.3 is 19.3 Å². The highest BCUT2D eigenvalue weighted by Gasteiger charge is 2.37. The zero-order valence-corrected chi connectivity index (χ0v) is 28.2. The Morgan fingerprint density at radius 3 is 2.35 bits per heavy atom. The van der Waals surface area contributed by atoms with E-state index in [0.717, 1.165) is 34.8 Å². The van der Waals surface area contributed by atoms with Crippen LogP contribution in [0.3, 0.4) is 0 Å². The summed E-state index contributed by atoms with van der Waals surface area (Å²) in [6, 6.07) is 8.02. The molecule has 0 atom stereocenters. The fourth-order valence-corrected chi connectivity index (χ4v) is 8.15. The van der Waals surface area contributed by atoms with Gasteiger partial charge in [-0.05, 0) is 63.5 Å². The van der Waals surface area contributed by atoms with Gasteiger partial charge >= 0.3 is 5.97 Å². The van der Waals surface area contributed by atoms with Crippen molar-refractivity contribution in [2.75, 3.05) is 23.7 Å². The average Bonchev–Trinajstić information content (AvgIpc) is 3.39. The van der Waals surface area contributed by atoms with E-state index in [-0.39, 0.29) is 12.1 Å². The Kier molecular flexibility index (Phi) is 7.56. The summed E-state index contributed by atoms with van der Waals surface area (Å²) in [5.41, 5.74) is 4.81. The standard InChI is InChI=1S/C35H40N4O6S/c1-8-21-17-34(4,5)38(9-2)27-15-29-25(13-23(21)27)32(33-36-11-12-37(33)19-31(40)41)26-14-24-22(20-46(42,43)44)18-35(6,7)39(10-3)28(24)16-30(26)45-29/h11-18H,8-10,19-20H2,1-7H3,(H-,40,41,42,43,44)/p+1. The third-order valence-electron chi connectivity index (χ3n) is 9.27. The van der Waals surface area contributed by atoms with Gasteiger partial charge in [0.15, 0.2) is 5.54 Å². The molecule has 0 aliphatic carbocycles. The van der Waals surface area contributed by atoms with Gasteiger partial charge in [-0.3, -0.25) is 9.35 Å². The van der Waals surface area contributed by atoms with Crippen LogP contribution in [0.5, 0.6) is 11.5 Å². The van der Waals surface area contributed by atoms with Gasteiger partial charge in [0.1, 0.15) is 36.2 Å². The van der Waals surface area contributed by atoms with Gasteiger partial charge in [0.05, 0.1) is 11.6 Å². The van der Waals surface area contributed by atoms with E-state index >= 15 is 0 Å². The number of allylic oxidation sites excluding steroid dienone is 1. The lowest BCUT2D eigenvalue weighted by Gasteiger charge is -2.43. The number of nitrogens with zero attached hydrogens (tertiary/aromatic N) is 4. The molecule has 1 aromatic heterocycles. The fourth-order valence-electron chi connectivity index (χ4n) is 7.52. The van der Waals surface area contributed by atoms with Crippen LogP contribution in [0, 0.1) is 0 Å².